The van der Waals surface area contributed by atoms with Crippen LogP contribution in [0.2, 0.25) is 0 Å². The molecule has 1 amide bonds. The number of anilines is 1. The monoisotopic (exact) mass is 334 g/mol. The van der Waals surface area contributed by atoms with Gasteiger partial charge in [-0.2, -0.15) is 0 Å². The van der Waals surface area contributed by atoms with Crippen LogP contribution in [0.5, 0.6) is 0 Å². The summed E-state index contributed by atoms with van der Waals surface area (Å²) >= 11 is 0. The summed E-state index contributed by atoms with van der Waals surface area (Å²) in [4.78, 5) is 23.8. The van der Waals surface area contributed by atoms with Gasteiger partial charge in [-0.3, -0.25) is 9.59 Å². The molecule has 0 aliphatic carbocycles. The van der Waals surface area contributed by atoms with Crippen LogP contribution in [0.4, 0.5) is 5.69 Å². The fraction of sp³-hybridized carbons (Fsp3) is 0.150. The summed E-state index contributed by atoms with van der Waals surface area (Å²) in [5, 5.41) is 6.78. The van der Waals surface area contributed by atoms with Crippen LogP contribution >= 0.6 is 0 Å². The number of carbonyl (C=O) groups is 2. The fourth-order valence-electron chi connectivity index (χ4n) is 2.47. The van der Waals surface area contributed by atoms with Crippen LogP contribution in [-0.2, 0) is 11.2 Å². The van der Waals surface area contributed by atoms with Gasteiger partial charge in [0.15, 0.2) is 11.5 Å². The van der Waals surface area contributed by atoms with Crippen molar-refractivity contribution in [3.05, 3.63) is 71.4 Å². The zero-order valence-corrected chi connectivity index (χ0v) is 14.1. The molecule has 0 saturated heterocycles. The predicted molar refractivity (Wildman–Crippen MR) is 95.5 cm³/mol. The van der Waals surface area contributed by atoms with Gasteiger partial charge in [-0.15, -0.1) is 0 Å². The van der Waals surface area contributed by atoms with E-state index >= 15 is 0 Å². The molecule has 0 fully saturated rings. The number of carbonyl (C=O) groups excluding carboxylic acids is 2. The Morgan fingerprint density at radius 3 is 2.56 bits per heavy atom. The first kappa shape index (κ1) is 16.6. The SMILES string of the molecule is CC(=O)c1ccc(C)c(NC(=O)Cc2cc(-c3ccccc3)on2)c1. The maximum atomic E-state index is 12.3. The number of nitrogens with one attached hydrogen (secondary N) is 1. The number of nitrogens with zero attached hydrogens (tertiary/aromatic N) is 1. The second-order valence-corrected chi connectivity index (χ2v) is 5.86. The molecular weight excluding hydrogens is 316 g/mol. The van der Waals surface area contributed by atoms with E-state index in [2.05, 4.69) is 10.5 Å². The standard InChI is InChI=1S/C20H18N2O3/c1-13-8-9-16(14(2)23)10-18(13)21-20(24)12-17-11-19(25-22-17)15-6-4-3-5-7-15/h3-11H,12H2,1-2H3,(H,21,24). The van der Waals surface area contributed by atoms with E-state index in [0.29, 0.717) is 22.7 Å². The highest BCUT2D eigenvalue weighted by molar-refractivity contribution is 5.98. The number of hydrogen-bond donors (Lipinski definition) is 1. The minimum atomic E-state index is -0.211. The molecule has 25 heavy (non-hydrogen) atoms. The van der Waals surface area contributed by atoms with Crippen LogP contribution < -0.4 is 5.32 Å². The highest BCUT2D eigenvalue weighted by Crippen LogP contribution is 2.21. The first-order valence-electron chi connectivity index (χ1n) is 7.95. The van der Waals surface area contributed by atoms with Crippen molar-refractivity contribution >= 4 is 17.4 Å². The van der Waals surface area contributed by atoms with Crippen LogP contribution in [0.25, 0.3) is 11.3 Å². The quantitative estimate of drug-likeness (QED) is 0.715. The van der Waals surface area contributed by atoms with Crippen molar-refractivity contribution in [3.63, 3.8) is 0 Å². The molecule has 0 bridgehead atoms. The molecule has 1 N–H and O–H groups in total. The summed E-state index contributed by atoms with van der Waals surface area (Å²) < 4.78 is 5.30. The van der Waals surface area contributed by atoms with Gasteiger partial charge in [-0.05, 0) is 25.5 Å². The number of amides is 1. The first-order chi connectivity index (χ1) is 12.0. The zero-order chi connectivity index (χ0) is 17.8. The predicted octanol–water partition coefficient (Wildman–Crippen LogP) is 4.03. The first-order valence-corrected chi connectivity index (χ1v) is 7.95. The van der Waals surface area contributed by atoms with Gasteiger partial charge in [0.1, 0.15) is 0 Å². The lowest BCUT2D eigenvalue weighted by Crippen LogP contribution is -2.15. The minimum absolute atomic E-state index is 0.0421. The number of aromatic nitrogens is 1. The summed E-state index contributed by atoms with van der Waals surface area (Å²) in [6, 6.07) is 16.6. The maximum Gasteiger partial charge on any atom is 0.230 e. The number of aryl methyl sites for hydroxylation is 1. The number of benzene rings is 2. The Morgan fingerprint density at radius 1 is 1.08 bits per heavy atom. The molecule has 2 aromatic carbocycles. The molecule has 5 heteroatoms. The maximum absolute atomic E-state index is 12.3. The van der Waals surface area contributed by atoms with E-state index in [0.717, 1.165) is 11.1 Å². The van der Waals surface area contributed by atoms with E-state index in [9.17, 15) is 9.59 Å². The van der Waals surface area contributed by atoms with Crippen LogP contribution in [0.1, 0.15) is 28.5 Å². The van der Waals surface area contributed by atoms with Crippen LogP contribution in [0.15, 0.2) is 59.1 Å². The van der Waals surface area contributed by atoms with Crippen molar-refractivity contribution in [2.24, 2.45) is 0 Å². The third kappa shape index (κ3) is 4.01. The van der Waals surface area contributed by atoms with Gasteiger partial charge in [0.05, 0.1) is 12.1 Å². The van der Waals surface area contributed by atoms with Crippen LogP contribution in [-0.4, -0.2) is 16.8 Å². The van der Waals surface area contributed by atoms with Gasteiger partial charge in [0, 0.05) is 22.9 Å². The van der Waals surface area contributed by atoms with Gasteiger partial charge in [-0.1, -0.05) is 47.6 Å². The molecule has 0 aliphatic rings. The van der Waals surface area contributed by atoms with Crippen molar-refractivity contribution in [2.75, 3.05) is 5.32 Å². The average Bonchev–Trinajstić information content (AvgIpc) is 3.06. The highest BCUT2D eigenvalue weighted by Gasteiger charge is 2.12. The third-order valence-electron chi connectivity index (χ3n) is 3.88. The molecule has 1 aromatic heterocycles. The minimum Gasteiger partial charge on any atom is -0.356 e. The summed E-state index contributed by atoms with van der Waals surface area (Å²) in [7, 11) is 0. The largest absolute Gasteiger partial charge is 0.356 e. The summed E-state index contributed by atoms with van der Waals surface area (Å²) in [6.45, 7) is 3.37. The van der Waals surface area contributed by atoms with Crippen molar-refractivity contribution in [3.8, 4) is 11.3 Å². The van der Waals surface area contributed by atoms with Crippen molar-refractivity contribution in [1.82, 2.24) is 5.16 Å². The van der Waals surface area contributed by atoms with E-state index in [1.54, 1.807) is 18.2 Å². The van der Waals surface area contributed by atoms with Crippen molar-refractivity contribution < 1.29 is 14.1 Å². The van der Waals surface area contributed by atoms with Crippen molar-refractivity contribution in [2.45, 2.75) is 20.3 Å². The van der Waals surface area contributed by atoms with Crippen molar-refractivity contribution in [1.29, 1.82) is 0 Å². The summed E-state index contributed by atoms with van der Waals surface area (Å²) in [6.07, 6.45) is 0.0973. The molecule has 3 aromatic rings. The number of ketones is 1. The van der Waals surface area contributed by atoms with Crippen LogP contribution in [0.3, 0.4) is 0 Å². The van der Waals surface area contributed by atoms with E-state index in [1.165, 1.54) is 6.92 Å². The zero-order valence-electron chi connectivity index (χ0n) is 14.1. The van der Waals surface area contributed by atoms with Gasteiger partial charge in [0.25, 0.3) is 0 Å². The molecule has 0 spiro atoms. The number of hydrogen-bond acceptors (Lipinski definition) is 4. The van der Waals surface area contributed by atoms with Crippen LogP contribution in [0, 0.1) is 6.92 Å². The lowest BCUT2D eigenvalue weighted by Gasteiger charge is -2.09. The summed E-state index contributed by atoms with van der Waals surface area (Å²) in [5.74, 6) is 0.370. The Balaban J connectivity index is 1.70. The molecule has 0 saturated carbocycles. The second-order valence-electron chi connectivity index (χ2n) is 5.86. The Labute approximate surface area is 145 Å². The molecule has 0 radical (unpaired) electrons. The van der Waals surface area contributed by atoms with E-state index < -0.39 is 0 Å². The molecule has 0 atom stereocenters. The highest BCUT2D eigenvalue weighted by atomic mass is 16.5. The molecule has 126 valence electrons. The van der Waals surface area contributed by atoms with Gasteiger partial charge < -0.3 is 9.84 Å². The van der Waals surface area contributed by atoms with Gasteiger partial charge in [0.2, 0.25) is 5.91 Å². The second kappa shape index (κ2) is 7.13. The van der Waals surface area contributed by atoms with E-state index in [1.807, 2.05) is 43.3 Å². The smallest absolute Gasteiger partial charge is 0.230 e. The van der Waals surface area contributed by atoms with E-state index in [-0.39, 0.29) is 18.1 Å². The number of Topliss-reactive ketones (excluding diaryl/α,β-unsaturated/α-hetero) is 1. The Bertz CT molecular complexity index is 914. The third-order valence-corrected chi connectivity index (χ3v) is 3.88. The topological polar surface area (TPSA) is 72.2 Å². The molecule has 1 heterocycles. The van der Waals surface area contributed by atoms with E-state index in [4.69, 9.17) is 4.52 Å². The molecule has 3 rings (SSSR count). The lowest BCUT2D eigenvalue weighted by atomic mass is 10.1. The Kier molecular flexibility index (Phi) is 4.75. The molecular formula is C20H18N2O3. The Morgan fingerprint density at radius 2 is 1.84 bits per heavy atom. The molecule has 0 aliphatic heterocycles. The van der Waals surface area contributed by atoms with Gasteiger partial charge in [-0.25, -0.2) is 0 Å². The molecule has 0 unspecified atom stereocenters. The molecule has 5 nitrogen and oxygen atoms in total. The lowest BCUT2D eigenvalue weighted by molar-refractivity contribution is -0.115. The summed E-state index contributed by atoms with van der Waals surface area (Å²) in [5.41, 5.74) is 3.55. The average molecular weight is 334 g/mol. The van der Waals surface area contributed by atoms with Gasteiger partial charge >= 0.3 is 0 Å². The normalized spacial score (nSPS) is 10.5. The fourth-order valence-corrected chi connectivity index (χ4v) is 2.47. The number of rotatable bonds is 5. The Hall–Kier alpha value is -3.21.